The zero-order valence-electron chi connectivity index (χ0n) is 7.27. The zero-order valence-corrected chi connectivity index (χ0v) is 7.27. The van der Waals surface area contributed by atoms with Gasteiger partial charge < -0.3 is 4.42 Å². The fourth-order valence-corrected chi connectivity index (χ4v) is 1.51. The van der Waals surface area contributed by atoms with Gasteiger partial charge in [-0.2, -0.15) is 0 Å². The topological polar surface area (TPSA) is 38.4 Å². The van der Waals surface area contributed by atoms with Crippen LogP contribution in [0.5, 0.6) is 0 Å². The fourth-order valence-electron chi connectivity index (χ4n) is 1.51. The highest BCUT2D eigenvalue weighted by Gasteiger charge is 2.09. The largest absolute Gasteiger partial charge is 0.455 e. The predicted octanol–water partition coefficient (Wildman–Crippen LogP) is 2.50. The summed E-state index contributed by atoms with van der Waals surface area (Å²) in [5.41, 5.74) is 1.86. The number of aliphatic imine (C=N–C) groups is 1. The Balaban J connectivity index is 2.46. The molecule has 0 saturated heterocycles. The van der Waals surface area contributed by atoms with E-state index < -0.39 is 0 Å². The lowest BCUT2D eigenvalue weighted by Gasteiger charge is -1.86. The first kappa shape index (κ1) is 7.30. The van der Waals surface area contributed by atoms with Crippen molar-refractivity contribution >= 4 is 29.0 Å². The number of furan rings is 1. The minimum absolute atomic E-state index is 0.783. The summed E-state index contributed by atoms with van der Waals surface area (Å²) in [4.78, 5) is 7.96. The number of hydrogen-bond donors (Lipinski definition) is 0. The molecule has 0 spiro atoms. The van der Waals surface area contributed by atoms with Gasteiger partial charge in [-0.1, -0.05) is 0 Å². The van der Waals surface area contributed by atoms with Gasteiger partial charge in [0.15, 0.2) is 0 Å². The molecule has 0 saturated carbocycles. The van der Waals surface area contributed by atoms with Crippen LogP contribution in [0.4, 0.5) is 0 Å². The molecule has 1 aliphatic rings. The first-order valence-corrected chi connectivity index (χ1v) is 4.27. The summed E-state index contributed by atoms with van der Waals surface area (Å²) in [5, 5.41) is 1.01. The number of hydrogen-bond acceptors (Lipinski definition) is 3. The lowest BCUT2D eigenvalue weighted by atomic mass is 10.1. The van der Waals surface area contributed by atoms with Gasteiger partial charge >= 0.3 is 0 Å². The molecule has 0 unspecified atom stereocenters. The van der Waals surface area contributed by atoms with E-state index in [9.17, 15) is 0 Å². The minimum atomic E-state index is 0.783. The van der Waals surface area contributed by atoms with E-state index in [1.165, 1.54) is 0 Å². The summed E-state index contributed by atoms with van der Waals surface area (Å²) in [5.74, 6) is 3.55. The molecule has 14 heavy (non-hydrogen) atoms. The number of pyridine rings is 1. The van der Waals surface area contributed by atoms with Crippen LogP contribution < -0.4 is 0 Å². The van der Waals surface area contributed by atoms with Gasteiger partial charge in [0.05, 0.1) is 0 Å². The Kier molecular flexibility index (Phi) is 1.40. The molecule has 2 aromatic heterocycles. The summed E-state index contributed by atoms with van der Waals surface area (Å²) < 4.78 is 5.60. The highest BCUT2D eigenvalue weighted by atomic mass is 16.3. The smallest absolute Gasteiger partial charge is 0.144 e. The SMILES string of the molecule is C1=Cc2oc3ccncc3c2C=CN=1. The second-order valence-electron chi connectivity index (χ2n) is 2.97. The molecule has 3 rings (SSSR count). The molecule has 0 amide bonds. The normalized spacial score (nSPS) is 13.1. The third-order valence-electron chi connectivity index (χ3n) is 2.14. The molecule has 0 atom stereocenters. The second-order valence-corrected chi connectivity index (χ2v) is 2.97. The van der Waals surface area contributed by atoms with E-state index in [2.05, 4.69) is 15.8 Å². The van der Waals surface area contributed by atoms with E-state index in [4.69, 9.17) is 4.42 Å². The molecule has 0 aliphatic carbocycles. The molecule has 3 nitrogen and oxygen atoms in total. The maximum atomic E-state index is 5.60. The Labute approximate surface area is 80.1 Å². The van der Waals surface area contributed by atoms with Crippen LogP contribution in [0, 0.1) is 0 Å². The first-order chi connectivity index (χ1) is 6.95. The van der Waals surface area contributed by atoms with Gasteiger partial charge in [0.2, 0.25) is 0 Å². The van der Waals surface area contributed by atoms with Crippen molar-refractivity contribution in [1.29, 1.82) is 0 Å². The molecular weight excluding hydrogens is 176 g/mol. The Morgan fingerprint density at radius 2 is 2.36 bits per heavy atom. The Hall–Kier alpha value is -2.12. The van der Waals surface area contributed by atoms with Crippen LogP contribution in [0.1, 0.15) is 11.3 Å². The maximum absolute atomic E-state index is 5.60. The summed E-state index contributed by atoms with van der Waals surface area (Å²) in [7, 11) is 0. The van der Waals surface area contributed by atoms with Crippen molar-refractivity contribution in [2.24, 2.45) is 4.99 Å². The highest BCUT2D eigenvalue weighted by Crippen LogP contribution is 2.27. The van der Waals surface area contributed by atoms with Gasteiger partial charge in [-0.25, -0.2) is 4.99 Å². The van der Waals surface area contributed by atoms with E-state index in [0.717, 1.165) is 22.3 Å². The quantitative estimate of drug-likeness (QED) is 0.627. The lowest BCUT2D eigenvalue weighted by Crippen LogP contribution is -1.73. The summed E-state index contributed by atoms with van der Waals surface area (Å²) in [6.07, 6.45) is 8.84. The van der Waals surface area contributed by atoms with Crippen LogP contribution in [0.3, 0.4) is 0 Å². The van der Waals surface area contributed by atoms with Crippen LogP contribution in [0.2, 0.25) is 0 Å². The number of nitrogens with zero attached hydrogens (tertiary/aromatic N) is 2. The van der Waals surface area contributed by atoms with Gasteiger partial charge in [-0.05, 0) is 18.0 Å². The molecule has 0 radical (unpaired) electrons. The van der Waals surface area contributed by atoms with Crippen LogP contribution in [0.15, 0.2) is 34.1 Å². The van der Waals surface area contributed by atoms with Gasteiger partial charge in [0.1, 0.15) is 11.3 Å². The highest BCUT2D eigenvalue weighted by molar-refractivity contribution is 5.94. The maximum Gasteiger partial charge on any atom is 0.144 e. The monoisotopic (exact) mass is 182 g/mol. The molecular formula is C11H6N2O. The van der Waals surface area contributed by atoms with Crippen LogP contribution in [-0.4, -0.2) is 10.9 Å². The summed E-state index contributed by atoms with van der Waals surface area (Å²) >= 11 is 0. The van der Waals surface area contributed by atoms with E-state index >= 15 is 0 Å². The molecule has 0 aromatic carbocycles. The Morgan fingerprint density at radius 3 is 3.36 bits per heavy atom. The van der Waals surface area contributed by atoms with Gasteiger partial charge in [-0.3, -0.25) is 4.98 Å². The van der Waals surface area contributed by atoms with E-state index in [1.807, 2.05) is 12.1 Å². The number of aromatic nitrogens is 1. The lowest BCUT2D eigenvalue weighted by molar-refractivity contribution is 0.604. The van der Waals surface area contributed by atoms with E-state index in [-0.39, 0.29) is 0 Å². The molecule has 1 aliphatic heterocycles. The van der Waals surface area contributed by atoms with Gasteiger partial charge in [-0.15, -0.1) is 0 Å². The third-order valence-corrected chi connectivity index (χ3v) is 2.14. The molecule has 0 N–H and O–H groups in total. The van der Waals surface area contributed by atoms with Crippen molar-refractivity contribution in [2.75, 3.05) is 0 Å². The Bertz CT molecular complexity index is 586. The van der Waals surface area contributed by atoms with Crippen LogP contribution in [0.25, 0.3) is 23.1 Å². The molecule has 0 fully saturated rings. The predicted molar refractivity (Wildman–Crippen MR) is 54.9 cm³/mol. The molecule has 3 heterocycles. The summed E-state index contributed by atoms with van der Waals surface area (Å²) in [6, 6.07) is 1.85. The third kappa shape index (κ3) is 0.934. The minimum Gasteiger partial charge on any atom is -0.455 e. The number of rotatable bonds is 0. The summed E-state index contributed by atoms with van der Waals surface area (Å²) in [6.45, 7) is 0. The van der Waals surface area contributed by atoms with E-state index in [0.29, 0.717) is 0 Å². The van der Waals surface area contributed by atoms with Crippen molar-refractivity contribution in [3.05, 3.63) is 36.0 Å². The van der Waals surface area contributed by atoms with Crippen molar-refractivity contribution in [1.82, 2.24) is 4.98 Å². The standard InChI is InChI=1S/C11H6N2O/c1-4-12-5-2-10-8(1)9-7-13-6-3-11(9)14-10/h1-4,6-7H. The molecule has 3 heteroatoms. The van der Waals surface area contributed by atoms with Crippen LogP contribution >= 0.6 is 0 Å². The first-order valence-electron chi connectivity index (χ1n) is 4.27. The van der Waals surface area contributed by atoms with Crippen LogP contribution in [-0.2, 0) is 0 Å². The second kappa shape index (κ2) is 2.69. The van der Waals surface area contributed by atoms with Crippen molar-refractivity contribution < 1.29 is 4.42 Å². The van der Waals surface area contributed by atoms with Gasteiger partial charge in [0.25, 0.3) is 0 Å². The molecule has 0 bridgehead atoms. The van der Waals surface area contributed by atoms with Gasteiger partial charge in [0, 0.05) is 35.6 Å². The zero-order chi connectivity index (χ0) is 9.38. The van der Waals surface area contributed by atoms with Crippen molar-refractivity contribution in [3.8, 4) is 0 Å². The molecule has 2 aromatic rings. The van der Waals surface area contributed by atoms with E-state index in [1.54, 1.807) is 24.7 Å². The van der Waals surface area contributed by atoms with Crippen molar-refractivity contribution in [2.45, 2.75) is 0 Å². The average Bonchev–Trinajstić information content (AvgIpc) is 2.42. The Morgan fingerprint density at radius 1 is 1.36 bits per heavy atom. The van der Waals surface area contributed by atoms with Crippen molar-refractivity contribution in [3.63, 3.8) is 0 Å². The average molecular weight is 182 g/mol. The number of fused-ring (bicyclic) bond motifs is 3. The molecule has 66 valence electrons. The fraction of sp³-hybridized carbons (Fsp3) is 0.